The van der Waals surface area contributed by atoms with Gasteiger partial charge in [-0.05, 0) is 43.4 Å². The number of methoxy groups -OCH3 is 1. The van der Waals surface area contributed by atoms with E-state index in [1.807, 2.05) is 12.1 Å². The maximum absolute atomic E-state index is 11.2. The van der Waals surface area contributed by atoms with Crippen molar-refractivity contribution in [3.8, 4) is 5.75 Å². The molecule has 1 aromatic rings. The topological polar surface area (TPSA) is 35.5 Å². The van der Waals surface area contributed by atoms with Crippen LogP contribution in [-0.4, -0.2) is 19.2 Å². The van der Waals surface area contributed by atoms with Crippen LogP contribution in [0.4, 0.5) is 0 Å². The number of hydrogen-bond donors (Lipinski definition) is 0. The largest absolute Gasteiger partial charge is 0.489 e. The summed E-state index contributed by atoms with van der Waals surface area (Å²) in [6, 6.07) is 5.48. The van der Waals surface area contributed by atoms with Crippen molar-refractivity contribution in [3.05, 3.63) is 28.8 Å². The number of benzene rings is 1. The van der Waals surface area contributed by atoms with Gasteiger partial charge in [0.05, 0.1) is 24.7 Å². The zero-order valence-corrected chi connectivity index (χ0v) is 11.9. The third-order valence-electron chi connectivity index (χ3n) is 3.42. The van der Waals surface area contributed by atoms with E-state index in [0.29, 0.717) is 10.8 Å². The van der Waals surface area contributed by atoms with Crippen LogP contribution in [-0.2, 0) is 16.0 Å². The predicted molar refractivity (Wildman–Crippen MR) is 74.7 cm³/mol. The van der Waals surface area contributed by atoms with E-state index >= 15 is 0 Å². The Bertz CT molecular complexity index is 439. The molecule has 0 spiro atoms. The summed E-state index contributed by atoms with van der Waals surface area (Å²) >= 11 is 6.20. The summed E-state index contributed by atoms with van der Waals surface area (Å²) in [6.07, 6.45) is 6.45. The molecule has 19 heavy (non-hydrogen) atoms. The van der Waals surface area contributed by atoms with Gasteiger partial charge in [0.1, 0.15) is 5.75 Å². The Balaban J connectivity index is 2.00. The number of ether oxygens (including phenoxy) is 2. The van der Waals surface area contributed by atoms with E-state index in [0.717, 1.165) is 18.4 Å². The second-order valence-corrected chi connectivity index (χ2v) is 5.30. The Kier molecular flexibility index (Phi) is 5.08. The Hall–Kier alpha value is -1.22. The normalized spacial score (nSPS) is 16.1. The molecule has 1 aliphatic carbocycles. The van der Waals surface area contributed by atoms with E-state index in [-0.39, 0.29) is 18.5 Å². The highest BCUT2D eigenvalue weighted by Gasteiger charge is 2.16. The molecule has 0 atom stereocenters. The van der Waals surface area contributed by atoms with Crippen molar-refractivity contribution in [1.29, 1.82) is 0 Å². The molecule has 0 aromatic heterocycles. The van der Waals surface area contributed by atoms with Crippen molar-refractivity contribution in [3.63, 3.8) is 0 Å². The quantitative estimate of drug-likeness (QED) is 0.789. The number of esters is 1. The fourth-order valence-electron chi connectivity index (χ4n) is 2.35. The van der Waals surface area contributed by atoms with Gasteiger partial charge in [0, 0.05) is 0 Å². The summed E-state index contributed by atoms with van der Waals surface area (Å²) in [5, 5.41) is 0.562. The van der Waals surface area contributed by atoms with Crippen LogP contribution >= 0.6 is 11.6 Å². The van der Waals surface area contributed by atoms with E-state index in [9.17, 15) is 4.79 Å². The number of carbonyl (C=O) groups is 1. The molecule has 0 aliphatic heterocycles. The van der Waals surface area contributed by atoms with E-state index < -0.39 is 0 Å². The van der Waals surface area contributed by atoms with Gasteiger partial charge in [0.25, 0.3) is 0 Å². The van der Waals surface area contributed by atoms with Gasteiger partial charge >= 0.3 is 5.97 Å². The van der Waals surface area contributed by atoms with Crippen molar-refractivity contribution >= 4 is 17.6 Å². The second kappa shape index (κ2) is 6.80. The highest BCUT2D eigenvalue weighted by atomic mass is 35.5. The Morgan fingerprint density at radius 2 is 2.05 bits per heavy atom. The first-order valence-electron chi connectivity index (χ1n) is 6.71. The lowest BCUT2D eigenvalue weighted by atomic mass is 9.98. The van der Waals surface area contributed by atoms with E-state index in [1.165, 1.54) is 26.4 Å². The smallest absolute Gasteiger partial charge is 0.309 e. The predicted octanol–water partition coefficient (Wildman–Crippen LogP) is 3.77. The Labute approximate surface area is 118 Å². The summed E-state index contributed by atoms with van der Waals surface area (Å²) in [7, 11) is 1.38. The van der Waals surface area contributed by atoms with Crippen LogP contribution in [0.15, 0.2) is 18.2 Å². The molecule has 1 aliphatic rings. The molecule has 0 amide bonds. The second-order valence-electron chi connectivity index (χ2n) is 4.90. The minimum absolute atomic E-state index is 0.236. The number of halogens is 1. The van der Waals surface area contributed by atoms with Gasteiger partial charge in [-0.25, -0.2) is 0 Å². The van der Waals surface area contributed by atoms with Crippen LogP contribution in [0.3, 0.4) is 0 Å². The number of hydrogen-bond acceptors (Lipinski definition) is 3. The molecule has 0 unspecified atom stereocenters. The number of rotatable bonds is 4. The average Bonchev–Trinajstić information content (AvgIpc) is 2.43. The van der Waals surface area contributed by atoms with E-state index in [2.05, 4.69) is 4.74 Å². The first-order chi connectivity index (χ1) is 9.19. The molecule has 0 heterocycles. The maximum Gasteiger partial charge on any atom is 0.309 e. The van der Waals surface area contributed by atoms with Crippen LogP contribution in [0.1, 0.15) is 37.7 Å². The van der Waals surface area contributed by atoms with Gasteiger partial charge in [0.15, 0.2) is 0 Å². The molecule has 0 saturated heterocycles. The van der Waals surface area contributed by atoms with Crippen molar-refractivity contribution in [2.75, 3.05) is 7.11 Å². The molecule has 1 aromatic carbocycles. The maximum atomic E-state index is 11.2. The molecule has 0 radical (unpaired) electrons. The summed E-state index contributed by atoms with van der Waals surface area (Å²) in [5.74, 6) is 0.444. The number of carbonyl (C=O) groups excluding carboxylic acids is 1. The van der Waals surface area contributed by atoms with Crippen molar-refractivity contribution in [2.45, 2.75) is 44.6 Å². The molecule has 2 rings (SSSR count). The zero-order valence-electron chi connectivity index (χ0n) is 11.2. The first-order valence-corrected chi connectivity index (χ1v) is 7.08. The minimum atomic E-state index is -0.267. The van der Waals surface area contributed by atoms with Crippen molar-refractivity contribution in [1.82, 2.24) is 0 Å². The average molecular weight is 283 g/mol. The molecule has 4 heteroatoms. The molecule has 1 fully saturated rings. The highest BCUT2D eigenvalue weighted by Crippen LogP contribution is 2.30. The highest BCUT2D eigenvalue weighted by molar-refractivity contribution is 6.32. The Morgan fingerprint density at radius 1 is 1.32 bits per heavy atom. The monoisotopic (exact) mass is 282 g/mol. The van der Waals surface area contributed by atoms with Crippen molar-refractivity contribution < 1.29 is 14.3 Å². The first kappa shape index (κ1) is 14.2. The molecule has 0 N–H and O–H groups in total. The molecule has 0 bridgehead atoms. The van der Waals surface area contributed by atoms with Crippen LogP contribution in [0, 0.1) is 0 Å². The summed E-state index contributed by atoms with van der Waals surface area (Å²) in [6.45, 7) is 0. The van der Waals surface area contributed by atoms with Gasteiger partial charge in [-0.2, -0.15) is 0 Å². The lowest BCUT2D eigenvalue weighted by Crippen LogP contribution is -2.19. The van der Waals surface area contributed by atoms with Crippen LogP contribution in [0.2, 0.25) is 5.02 Å². The third kappa shape index (κ3) is 4.13. The van der Waals surface area contributed by atoms with Crippen molar-refractivity contribution in [2.24, 2.45) is 0 Å². The fraction of sp³-hybridized carbons (Fsp3) is 0.533. The minimum Gasteiger partial charge on any atom is -0.489 e. The summed E-state index contributed by atoms with van der Waals surface area (Å²) < 4.78 is 10.6. The lowest BCUT2D eigenvalue weighted by molar-refractivity contribution is -0.139. The molecule has 3 nitrogen and oxygen atoms in total. The van der Waals surface area contributed by atoms with Crippen LogP contribution in [0.25, 0.3) is 0 Å². The summed E-state index contributed by atoms with van der Waals surface area (Å²) in [5.41, 5.74) is 0.841. The Morgan fingerprint density at radius 3 is 2.68 bits per heavy atom. The summed E-state index contributed by atoms with van der Waals surface area (Å²) in [4.78, 5) is 11.2. The molecular formula is C15H19ClO3. The zero-order chi connectivity index (χ0) is 13.7. The van der Waals surface area contributed by atoms with E-state index in [4.69, 9.17) is 16.3 Å². The van der Waals surface area contributed by atoms with Crippen LogP contribution < -0.4 is 4.74 Å². The van der Waals surface area contributed by atoms with Gasteiger partial charge < -0.3 is 9.47 Å². The van der Waals surface area contributed by atoms with Gasteiger partial charge in [-0.1, -0.05) is 24.1 Å². The molecule has 104 valence electrons. The van der Waals surface area contributed by atoms with Crippen LogP contribution in [0.5, 0.6) is 5.75 Å². The fourth-order valence-corrected chi connectivity index (χ4v) is 2.60. The van der Waals surface area contributed by atoms with E-state index in [1.54, 1.807) is 6.07 Å². The molecular weight excluding hydrogens is 264 g/mol. The van der Waals surface area contributed by atoms with Gasteiger partial charge in [-0.15, -0.1) is 0 Å². The van der Waals surface area contributed by atoms with Gasteiger partial charge in [0.2, 0.25) is 0 Å². The lowest BCUT2D eigenvalue weighted by Gasteiger charge is -2.23. The standard InChI is InChI=1S/C15H19ClO3/c1-18-15(17)10-11-7-8-14(13(16)9-11)19-12-5-3-2-4-6-12/h7-9,12H,2-6,10H2,1H3. The van der Waals surface area contributed by atoms with Gasteiger partial charge in [-0.3, -0.25) is 4.79 Å². The third-order valence-corrected chi connectivity index (χ3v) is 3.71. The molecule has 1 saturated carbocycles. The SMILES string of the molecule is COC(=O)Cc1ccc(OC2CCCCC2)c(Cl)c1.